The van der Waals surface area contributed by atoms with Gasteiger partial charge in [-0.1, -0.05) is 11.6 Å². The summed E-state index contributed by atoms with van der Waals surface area (Å²) in [5.74, 6) is -0.138. The molecule has 4 rings (SSSR count). The number of fused-ring (bicyclic) bond motifs is 1. The van der Waals surface area contributed by atoms with Gasteiger partial charge in [-0.05, 0) is 49.8 Å². The fourth-order valence-electron chi connectivity index (χ4n) is 4.09. The third-order valence-electron chi connectivity index (χ3n) is 5.56. The summed E-state index contributed by atoms with van der Waals surface area (Å²) in [5.41, 5.74) is 5.22. The van der Waals surface area contributed by atoms with E-state index in [1.54, 1.807) is 6.07 Å². The van der Waals surface area contributed by atoms with E-state index >= 15 is 0 Å². The molecule has 1 aromatic heterocycles. The number of nitrogens with zero attached hydrogens (tertiary/aromatic N) is 2. The molecule has 2 aliphatic heterocycles. The number of aryl methyl sites for hydroxylation is 2. The number of halogens is 1. The van der Waals surface area contributed by atoms with Gasteiger partial charge in [-0.3, -0.25) is 9.69 Å². The summed E-state index contributed by atoms with van der Waals surface area (Å²) in [6, 6.07) is 7.48. The van der Waals surface area contributed by atoms with Crippen LogP contribution in [-0.4, -0.2) is 59.4 Å². The number of amides is 1. The number of rotatable bonds is 5. The van der Waals surface area contributed by atoms with Crippen LogP contribution in [0.3, 0.4) is 0 Å². The van der Waals surface area contributed by atoms with Crippen LogP contribution in [0.25, 0.3) is 11.6 Å². The third kappa shape index (κ3) is 4.26. The van der Waals surface area contributed by atoms with Crippen LogP contribution in [0.1, 0.15) is 22.5 Å². The minimum Gasteiger partial charge on any atom is -0.390 e. The molecule has 0 bridgehead atoms. The molecule has 2 N–H and O–H groups in total. The number of hydrogen-bond donors (Lipinski definition) is 2. The average Bonchev–Trinajstić information content (AvgIpc) is 3.12. The van der Waals surface area contributed by atoms with Crippen LogP contribution in [-0.2, 0) is 16.1 Å². The molecule has 1 aromatic carbocycles. The minimum absolute atomic E-state index is 0.138. The number of ether oxygens (including phenoxy) is 1. The second-order valence-electron chi connectivity index (χ2n) is 7.73. The highest BCUT2D eigenvalue weighted by molar-refractivity contribution is 6.36. The van der Waals surface area contributed by atoms with E-state index in [2.05, 4.69) is 20.9 Å². The number of benzene rings is 1. The molecule has 6 nitrogen and oxygen atoms in total. The lowest BCUT2D eigenvalue weighted by atomic mass is 10.1. The Morgan fingerprint density at radius 3 is 2.76 bits per heavy atom. The quantitative estimate of drug-likeness (QED) is 0.737. The van der Waals surface area contributed by atoms with Gasteiger partial charge >= 0.3 is 0 Å². The summed E-state index contributed by atoms with van der Waals surface area (Å²) >= 11 is 6.15. The topological polar surface area (TPSA) is 66.7 Å². The van der Waals surface area contributed by atoms with E-state index in [9.17, 15) is 9.90 Å². The largest absolute Gasteiger partial charge is 0.390 e. The Kier molecular flexibility index (Phi) is 5.79. The van der Waals surface area contributed by atoms with E-state index in [1.807, 2.05) is 32.1 Å². The number of nitrogens with one attached hydrogen (secondary N) is 1. The molecule has 0 aliphatic carbocycles. The zero-order valence-electron chi connectivity index (χ0n) is 16.7. The van der Waals surface area contributed by atoms with E-state index in [0.29, 0.717) is 36.9 Å². The van der Waals surface area contributed by atoms with Crippen LogP contribution in [0.15, 0.2) is 24.3 Å². The van der Waals surface area contributed by atoms with E-state index < -0.39 is 6.10 Å². The molecule has 154 valence electrons. The maximum Gasteiger partial charge on any atom is 0.256 e. The van der Waals surface area contributed by atoms with Gasteiger partial charge in [-0.25, -0.2) is 0 Å². The van der Waals surface area contributed by atoms with Crippen LogP contribution in [0, 0.1) is 13.8 Å². The van der Waals surface area contributed by atoms with Gasteiger partial charge in [0.2, 0.25) is 0 Å². The van der Waals surface area contributed by atoms with Crippen molar-refractivity contribution in [2.75, 3.05) is 38.2 Å². The summed E-state index contributed by atoms with van der Waals surface area (Å²) in [4.78, 5) is 14.8. The van der Waals surface area contributed by atoms with Gasteiger partial charge < -0.3 is 19.7 Å². The molecule has 1 amide bonds. The molecule has 0 spiro atoms. The Morgan fingerprint density at radius 2 is 2.00 bits per heavy atom. The molecule has 1 atom stereocenters. The van der Waals surface area contributed by atoms with Gasteiger partial charge in [0.1, 0.15) is 0 Å². The lowest BCUT2D eigenvalue weighted by molar-refractivity contribution is -0.110. The number of carbonyl (C=O) groups excluding carboxylic acids is 1. The van der Waals surface area contributed by atoms with Crippen molar-refractivity contribution in [2.45, 2.75) is 26.5 Å². The van der Waals surface area contributed by atoms with Crippen molar-refractivity contribution in [3.05, 3.63) is 51.8 Å². The SMILES string of the molecule is Cc1cc(C)n(C[C@H](O)CN2CCOCC2)c1C=C1C(=O)Nc2ccc(Cl)cc21. The fourth-order valence-corrected chi connectivity index (χ4v) is 4.26. The van der Waals surface area contributed by atoms with Crippen molar-refractivity contribution in [3.8, 4) is 0 Å². The number of aromatic nitrogens is 1. The lowest BCUT2D eigenvalue weighted by Crippen LogP contribution is -2.42. The standard InChI is InChI=1S/C22H26ClN3O3/c1-14-9-15(2)26(13-17(27)12-25-5-7-29-8-6-25)21(14)11-19-18-10-16(23)3-4-20(18)24-22(19)28/h3-4,9-11,17,27H,5-8,12-13H2,1-2H3,(H,24,28)/t17-/m1/s1. The number of aliphatic hydroxyl groups is 1. The lowest BCUT2D eigenvalue weighted by Gasteiger charge is -2.29. The van der Waals surface area contributed by atoms with E-state index in [1.165, 1.54) is 0 Å². The zero-order valence-corrected chi connectivity index (χ0v) is 17.5. The molecule has 3 heterocycles. The summed E-state index contributed by atoms with van der Waals surface area (Å²) in [5, 5.41) is 14.2. The van der Waals surface area contributed by atoms with Gasteiger partial charge in [0.05, 0.1) is 31.4 Å². The van der Waals surface area contributed by atoms with Gasteiger partial charge in [-0.15, -0.1) is 0 Å². The van der Waals surface area contributed by atoms with Gasteiger partial charge in [0.25, 0.3) is 5.91 Å². The Bertz CT molecular complexity index is 960. The van der Waals surface area contributed by atoms with E-state index in [-0.39, 0.29) is 5.91 Å². The van der Waals surface area contributed by atoms with Crippen LogP contribution in [0.5, 0.6) is 0 Å². The smallest absolute Gasteiger partial charge is 0.256 e. The van der Waals surface area contributed by atoms with Crippen LogP contribution in [0.2, 0.25) is 5.02 Å². The highest BCUT2D eigenvalue weighted by Crippen LogP contribution is 2.35. The van der Waals surface area contributed by atoms with Gasteiger partial charge in [0, 0.05) is 47.3 Å². The predicted octanol–water partition coefficient (Wildman–Crippen LogP) is 2.94. The molecule has 1 fully saturated rings. The van der Waals surface area contributed by atoms with Crippen molar-refractivity contribution >= 4 is 34.8 Å². The monoisotopic (exact) mass is 415 g/mol. The fraction of sp³-hybridized carbons (Fsp3) is 0.409. The Balaban J connectivity index is 1.61. The molecular weight excluding hydrogens is 390 g/mol. The molecule has 29 heavy (non-hydrogen) atoms. The first kappa shape index (κ1) is 20.2. The average molecular weight is 416 g/mol. The molecular formula is C22H26ClN3O3. The number of aliphatic hydroxyl groups excluding tert-OH is 1. The number of hydrogen-bond acceptors (Lipinski definition) is 4. The third-order valence-corrected chi connectivity index (χ3v) is 5.79. The molecule has 0 radical (unpaired) electrons. The van der Waals surface area contributed by atoms with Crippen LogP contribution in [0.4, 0.5) is 5.69 Å². The maximum atomic E-state index is 12.6. The first-order valence-corrected chi connectivity index (χ1v) is 10.3. The van der Waals surface area contributed by atoms with Crippen LogP contribution < -0.4 is 5.32 Å². The number of carbonyl (C=O) groups is 1. The number of morpholine rings is 1. The van der Waals surface area contributed by atoms with E-state index in [0.717, 1.165) is 41.3 Å². The van der Waals surface area contributed by atoms with Gasteiger partial charge in [-0.2, -0.15) is 0 Å². The summed E-state index contributed by atoms with van der Waals surface area (Å²) < 4.78 is 7.47. The molecule has 7 heteroatoms. The Labute approximate surface area is 175 Å². The Hall–Kier alpha value is -2.12. The van der Waals surface area contributed by atoms with E-state index in [4.69, 9.17) is 16.3 Å². The Morgan fingerprint density at radius 1 is 1.24 bits per heavy atom. The normalized spacial score (nSPS) is 19.4. The maximum absolute atomic E-state index is 12.6. The van der Waals surface area contributed by atoms with Crippen molar-refractivity contribution in [1.29, 1.82) is 0 Å². The molecule has 2 aromatic rings. The highest BCUT2D eigenvalue weighted by Gasteiger charge is 2.25. The second kappa shape index (κ2) is 8.32. The second-order valence-corrected chi connectivity index (χ2v) is 8.17. The van der Waals surface area contributed by atoms with Gasteiger partial charge in [0.15, 0.2) is 0 Å². The molecule has 0 unspecified atom stereocenters. The van der Waals surface area contributed by atoms with Crippen molar-refractivity contribution in [3.63, 3.8) is 0 Å². The molecule has 0 saturated carbocycles. The summed E-state index contributed by atoms with van der Waals surface area (Å²) in [6.07, 6.45) is 1.40. The predicted molar refractivity (Wildman–Crippen MR) is 115 cm³/mol. The van der Waals surface area contributed by atoms with Crippen molar-refractivity contribution < 1.29 is 14.6 Å². The summed E-state index contributed by atoms with van der Waals surface area (Å²) in [7, 11) is 0. The summed E-state index contributed by atoms with van der Waals surface area (Å²) in [6.45, 7) is 8.23. The molecule has 2 aliphatic rings. The highest BCUT2D eigenvalue weighted by atomic mass is 35.5. The van der Waals surface area contributed by atoms with Crippen LogP contribution >= 0.6 is 11.6 Å². The zero-order chi connectivity index (χ0) is 20.5. The number of β-amino-alcohol motifs (C(OH)–C–C–N with tert-alkyl or cyclic N) is 1. The first-order chi connectivity index (χ1) is 13.9. The first-order valence-electron chi connectivity index (χ1n) is 9.90. The molecule has 1 saturated heterocycles. The number of anilines is 1. The van der Waals surface area contributed by atoms with Crippen molar-refractivity contribution in [2.24, 2.45) is 0 Å². The minimum atomic E-state index is -0.505. The van der Waals surface area contributed by atoms with Crippen molar-refractivity contribution in [1.82, 2.24) is 9.47 Å².